The molecule has 4 heteroatoms. The van der Waals surface area contributed by atoms with E-state index in [1.54, 1.807) is 18.2 Å². The monoisotopic (exact) mass is 209 g/mol. The highest BCUT2D eigenvalue weighted by Crippen LogP contribution is 2.16. The molecule has 0 atom stereocenters. The highest BCUT2D eigenvalue weighted by Gasteiger charge is 2.19. The van der Waals surface area contributed by atoms with Crippen LogP contribution in [0.1, 0.15) is 6.92 Å². The Labute approximate surface area is 83.0 Å². The molecule has 1 aromatic rings. The van der Waals surface area contributed by atoms with E-state index in [0.29, 0.717) is 0 Å². The van der Waals surface area contributed by atoms with Crippen molar-refractivity contribution in [3.05, 3.63) is 41.3 Å². The molecule has 1 aromatic carbocycles. The molecular weight excluding hydrogens is 200 g/mol. The molecule has 0 saturated carbocycles. The van der Waals surface area contributed by atoms with Crippen molar-refractivity contribution in [1.29, 1.82) is 0 Å². The summed E-state index contributed by atoms with van der Waals surface area (Å²) >= 11 is 0. The number of allylic oxidation sites excluding steroid dienone is 2. The SMILES string of the molecule is CC=C([C]=O)S(=O)(=O)c1ccccc1. The van der Waals surface area contributed by atoms with E-state index in [-0.39, 0.29) is 9.80 Å². The summed E-state index contributed by atoms with van der Waals surface area (Å²) in [5.41, 5.74) is 0. The summed E-state index contributed by atoms with van der Waals surface area (Å²) < 4.78 is 23.3. The predicted molar refractivity (Wildman–Crippen MR) is 53.1 cm³/mol. The van der Waals surface area contributed by atoms with Crippen molar-refractivity contribution in [3.63, 3.8) is 0 Å². The number of hydrogen-bond acceptors (Lipinski definition) is 3. The largest absolute Gasteiger partial charge is 0.284 e. The van der Waals surface area contributed by atoms with Gasteiger partial charge in [0, 0.05) is 0 Å². The van der Waals surface area contributed by atoms with E-state index in [2.05, 4.69) is 0 Å². The van der Waals surface area contributed by atoms with Crippen molar-refractivity contribution in [3.8, 4) is 0 Å². The number of rotatable bonds is 3. The molecule has 0 unspecified atom stereocenters. The normalized spacial score (nSPS) is 12.5. The maximum Gasteiger partial charge on any atom is 0.245 e. The molecule has 3 nitrogen and oxygen atoms in total. The maximum absolute atomic E-state index is 11.7. The van der Waals surface area contributed by atoms with Crippen molar-refractivity contribution in [2.24, 2.45) is 0 Å². The van der Waals surface area contributed by atoms with Crippen LogP contribution in [0, 0.1) is 0 Å². The maximum atomic E-state index is 11.7. The minimum atomic E-state index is -3.66. The van der Waals surface area contributed by atoms with Crippen LogP contribution in [0.4, 0.5) is 0 Å². The highest BCUT2D eigenvalue weighted by molar-refractivity contribution is 7.96. The van der Waals surface area contributed by atoms with Crippen LogP contribution >= 0.6 is 0 Å². The van der Waals surface area contributed by atoms with Gasteiger partial charge in [-0.2, -0.15) is 0 Å². The van der Waals surface area contributed by atoms with E-state index in [1.165, 1.54) is 31.4 Å². The molecule has 0 amide bonds. The molecule has 0 fully saturated rings. The molecule has 1 rings (SSSR count). The fraction of sp³-hybridized carbons (Fsp3) is 0.100. The van der Waals surface area contributed by atoms with Gasteiger partial charge >= 0.3 is 0 Å². The first-order chi connectivity index (χ1) is 6.62. The van der Waals surface area contributed by atoms with Crippen LogP contribution < -0.4 is 0 Å². The van der Waals surface area contributed by atoms with Gasteiger partial charge in [0.2, 0.25) is 16.1 Å². The summed E-state index contributed by atoms with van der Waals surface area (Å²) in [7, 11) is -3.66. The molecule has 1 radical (unpaired) electrons. The molecule has 0 aromatic heterocycles. The van der Waals surface area contributed by atoms with Crippen LogP contribution in [0.15, 0.2) is 46.2 Å². The van der Waals surface area contributed by atoms with Crippen LogP contribution in [0.3, 0.4) is 0 Å². The van der Waals surface area contributed by atoms with Gasteiger partial charge in [-0.05, 0) is 19.1 Å². The van der Waals surface area contributed by atoms with Crippen molar-refractivity contribution in [1.82, 2.24) is 0 Å². The Balaban J connectivity index is 3.29. The average Bonchev–Trinajstić information content (AvgIpc) is 2.20. The van der Waals surface area contributed by atoms with Gasteiger partial charge in [0.05, 0.1) is 4.90 Å². The summed E-state index contributed by atoms with van der Waals surface area (Å²) in [5.74, 6) is 0. The van der Waals surface area contributed by atoms with Crippen LogP contribution in [-0.2, 0) is 14.6 Å². The second-order valence-electron chi connectivity index (χ2n) is 2.57. The lowest BCUT2D eigenvalue weighted by Crippen LogP contribution is -2.05. The van der Waals surface area contributed by atoms with Crippen molar-refractivity contribution >= 4 is 16.1 Å². The van der Waals surface area contributed by atoms with Crippen LogP contribution in [0.5, 0.6) is 0 Å². The quantitative estimate of drug-likeness (QED) is 0.708. The molecule has 0 heterocycles. The van der Waals surface area contributed by atoms with E-state index < -0.39 is 9.84 Å². The Morgan fingerprint density at radius 3 is 2.29 bits per heavy atom. The molecule has 0 spiro atoms. The second kappa shape index (κ2) is 4.19. The van der Waals surface area contributed by atoms with Crippen LogP contribution in [-0.4, -0.2) is 14.7 Å². The average molecular weight is 209 g/mol. The first-order valence-electron chi connectivity index (χ1n) is 3.97. The van der Waals surface area contributed by atoms with Gasteiger partial charge in [-0.3, -0.25) is 4.79 Å². The zero-order valence-electron chi connectivity index (χ0n) is 7.60. The highest BCUT2D eigenvalue weighted by atomic mass is 32.2. The minimum Gasteiger partial charge on any atom is -0.284 e. The number of carbonyl (C=O) groups excluding carboxylic acids is 1. The first kappa shape index (κ1) is 10.7. The Hall–Kier alpha value is -1.42. The smallest absolute Gasteiger partial charge is 0.245 e. The Bertz CT molecular complexity index is 444. The Morgan fingerprint density at radius 2 is 1.86 bits per heavy atom. The predicted octanol–water partition coefficient (Wildman–Crippen LogP) is 1.47. The fourth-order valence-electron chi connectivity index (χ4n) is 0.996. The number of benzene rings is 1. The second-order valence-corrected chi connectivity index (χ2v) is 4.49. The van der Waals surface area contributed by atoms with Gasteiger partial charge in [0.1, 0.15) is 4.91 Å². The first-order valence-corrected chi connectivity index (χ1v) is 5.46. The van der Waals surface area contributed by atoms with Crippen molar-refractivity contribution in [2.75, 3.05) is 0 Å². The van der Waals surface area contributed by atoms with E-state index in [1.807, 2.05) is 0 Å². The lowest BCUT2D eigenvalue weighted by Gasteiger charge is -2.01. The van der Waals surface area contributed by atoms with Crippen molar-refractivity contribution < 1.29 is 13.2 Å². The van der Waals surface area contributed by atoms with Gasteiger partial charge in [0.25, 0.3) is 0 Å². The molecule has 0 saturated heterocycles. The Morgan fingerprint density at radius 1 is 1.29 bits per heavy atom. The van der Waals surface area contributed by atoms with Crippen LogP contribution in [0.2, 0.25) is 0 Å². The number of sulfone groups is 1. The van der Waals surface area contributed by atoms with Gasteiger partial charge in [0.15, 0.2) is 0 Å². The molecule has 0 bridgehead atoms. The van der Waals surface area contributed by atoms with E-state index in [4.69, 9.17) is 0 Å². The molecule has 0 aliphatic rings. The summed E-state index contributed by atoms with van der Waals surface area (Å²) in [4.78, 5) is 10.2. The standard InChI is InChI=1S/C10H9O3S/c1-2-9(8-11)14(12,13)10-6-4-3-5-7-10/h2-7H,1H3. The summed E-state index contributed by atoms with van der Waals surface area (Å²) in [6, 6.07) is 7.79. The zero-order chi connectivity index (χ0) is 10.6. The third-order valence-electron chi connectivity index (χ3n) is 1.71. The van der Waals surface area contributed by atoms with Gasteiger partial charge in [-0.15, -0.1) is 0 Å². The zero-order valence-corrected chi connectivity index (χ0v) is 8.41. The minimum absolute atomic E-state index is 0.108. The molecule has 0 N–H and O–H groups in total. The topological polar surface area (TPSA) is 51.2 Å². The van der Waals surface area contributed by atoms with Crippen LogP contribution in [0.25, 0.3) is 0 Å². The Kier molecular flexibility index (Phi) is 3.19. The van der Waals surface area contributed by atoms with Gasteiger partial charge < -0.3 is 0 Å². The molecular formula is C10H9O3S. The van der Waals surface area contributed by atoms with E-state index >= 15 is 0 Å². The lowest BCUT2D eigenvalue weighted by atomic mass is 10.4. The van der Waals surface area contributed by atoms with Gasteiger partial charge in [-0.1, -0.05) is 24.3 Å². The molecule has 0 aliphatic heterocycles. The summed E-state index contributed by atoms with van der Waals surface area (Å²) in [5, 5.41) is 0. The van der Waals surface area contributed by atoms with E-state index in [0.717, 1.165) is 0 Å². The summed E-state index contributed by atoms with van der Waals surface area (Å²) in [6.45, 7) is 1.49. The molecule has 0 aliphatic carbocycles. The third-order valence-corrected chi connectivity index (χ3v) is 3.50. The third kappa shape index (κ3) is 1.90. The fourth-order valence-corrected chi connectivity index (χ4v) is 2.18. The summed E-state index contributed by atoms with van der Waals surface area (Å²) in [6.07, 6.45) is 2.65. The van der Waals surface area contributed by atoms with Crippen molar-refractivity contribution in [2.45, 2.75) is 11.8 Å². The molecule has 73 valence electrons. The molecule has 14 heavy (non-hydrogen) atoms. The number of hydrogen-bond donors (Lipinski definition) is 0. The van der Waals surface area contributed by atoms with Gasteiger partial charge in [-0.25, -0.2) is 8.42 Å². The van der Waals surface area contributed by atoms with E-state index in [9.17, 15) is 13.2 Å². The lowest BCUT2D eigenvalue weighted by molar-refractivity contribution is 0.561.